The van der Waals surface area contributed by atoms with Crippen molar-refractivity contribution in [2.75, 3.05) is 35.9 Å². The maximum Gasteiger partial charge on any atom is 0.416 e. The summed E-state index contributed by atoms with van der Waals surface area (Å²) in [4.78, 5) is 1.92. The third-order valence-corrected chi connectivity index (χ3v) is 8.39. The molecular weight excluding hydrogens is 469 g/mol. The topological polar surface area (TPSA) is 67.9 Å². The van der Waals surface area contributed by atoms with Crippen molar-refractivity contribution in [3.8, 4) is 11.5 Å². The second kappa shape index (κ2) is 8.87. The molecule has 0 aromatic heterocycles. The molecule has 1 aliphatic carbocycles. The lowest BCUT2D eigenvalue weighted by molar-refractivity contribution is -0.137. The van der Waals surface area contributed by atoms with Crippen molar-refractivity contribution in [3.63, 3.8) is 0 Å². The average Bonchev–Trinajstić information content (AvgIpc) is 2.82. The predicted octanol–water partition coefficient (Wildman–Crippen LogP) is 5.29. The van der Waals surface area contributed by atoms with E-state index in [1.54, 1.807) is 0 Å². The van der Waals surface area contributed by atoms with Crippen LogP contribution in [0.3, 0.4) is 0 Å². The lowest BCUT2D eigenvalue weighted by Gasteiger charge is -2.42. The highest BCUT2D eigenvalue weighted by Gasteiger charge is 2.35. The summed E-state index contributed by atoms with van der Waals surface area (Å²) in [6.45, 7) is 2.06. The van der Waals surface area contributed by atoms with Crippen LogP contribution in [0, 0.1) is 11.8 Å². The molecule has 0 radical (unpaired) electrons. The minimum Gasteiger partial charge on any atom is -0.486 e. The van der Waals surface area contributed by atoms with Crippen LogP contribution in [0.1, 0.15) is 37.7 Å². The van der Waals surface area contributed by atoms with Gasteiger partial charge in [-0.25, -0.2) is 8.42 Å². The standard InChI is InChI=1S/C24H27F3N2O4S/c25-24(26,27)18-5-7-21(29-10-9-16-3-1-2-4-17(16)15-29)20(13-18)28-34(30,31)19-6-8-22-23(14-19)33-12-11-32-22/h5-8,13-14,16-17,28H,1-4,9-12,15H2/t16-,17-/m0/s1. The molecule has 1 saturated carbocycles. The van der Waals surface area contributed by atoms with Crippen LogP contribution < -0.4 is 19.1 Å². The second-order valence-electron chi connectivity index (χ2n) is 9.18. The fraction of sp³-hybridized carbons (Fsp3) is 0.500. The number of anilines is 2. The summed E-state index contributed by atoms with van der Waals surface area (Å²) in [6.07, 6.45) is 1.04. The summed E-state index contributed by atoms with van der Waals surface area (Å²) in [7, 11) is -4.17. The third-order valence-electron chi connectivity index (χ3n) is 7.02. The lowest BCUT2D eigenvalue weighted by Crippen LogP contribution is -2.42. The molecule has 0 amide bonds. The van der Waals surface area contributed by atoms with E-state index >= 15 is 0 Å². The molecule has 1 saturated heterocycles. The number of sulfonamides is 1. The fourth-order valence-electron chi connectivity index (χ4n) is 5.28. The summed E-state index contributed by atoms with van der Waals surface area (Å²) in [5.41, 5.74) is -0.499. The summed E-state index contributed by atoms with van der Waals surface area (Å²) in [5, 5.41) is 0. The van der Waals surface area contributed by atoms with Crippen molar-refractivity contribution in [2.24, 2.45) is 11.8 Å². The van der Waals surface area contributed by atoms with Crippen molar-refractivity contribution in [2.45, 2.75) is 43.2 Å². The Morgan fingerprint density at radius 2 is 1.65 bits per heavy atom. The van der Waals surface area contributed by atoms with Gasteiger partial charge < -0.3 is 14.4 Å². The number of halogens is 3. The second-order valence-corrected chi connectivity index (χ2v) is 10.9. The molecule has 6 nitrogen and oxygen atoms in total. The van der Waals surface area contributed by atoms with E-state index in [1.165, 1.54) is 37.1 Å². The zero-order valence-electron chi connectivity index (χ0n) is 18.6. The van der Waals surface area contributed by atoms with Gasteiger partial charge in [0.2, 0.25) is 0 Å². The number of fused-ring (bicyclic) bond motifs is 2. The van der Waals surface area contributed by atoms with E-state index < -0.39 is 21.8 Å². The molecule has 2 aromatic rings. The Bertz CT molecular complexity index is 1170. The van der Waals surface area contributed by atoms with Gasteiger partial charge in [-0.1, -0.05) is 19.3 Å². The molecule has 0 unspecified atom stereocenters. The summed E-state index contributed by atoms with van der Waals surface area (Å²) >= 11 is 0. The van der Waals surface area contributed by atoms with Crippen LogP contribution >= 0.6 is 0 Å². The van der Waals surface area contributed by atoms with Gasteiger partial charge in [0.15, 0.2) is 11.5 Å². The smallest absolute Gasteiger partial charge is 0.416 e. The molecule has 10 heteroatoms. The Morgan fingerprint density at radius 1 is 0.912 bits per heavy atom. The molecule has 1 N–H and O–H groups in total. The van der Waals surface area contributed by atoms with Crippen molar-refractivity contribution in [1.29, 1.82) is 0 Å². The van der Waals surface area contributed by atoms with Gasteiger partial charge in [0, 0.05) is 19.2 Å². The van der Waals surface area contributed by atoms with Crippen molar-refractivity contribution in [3.05, 3.63) is 42.0 Å². The zero-order chi connectivity index (χ0) is 23.9. The number of piperidine rings is 1. The van der Waals surface area contributed by atoms with E-state index in [-0.39, 0.29) is 16.3 Å². The van der Waals surface area contributed by atoms with E-state index in [9.17, 15) is 21.6 Å². The number of benzene rings is 2. The highest BCUT2D eigenvalue weighted by Crippen LogP contribution is 2.42. The highest BCUT2D eigenvalue weighted by molar-refractivity contribution is 7.92. The number of hydrogen-bond acceptors (Lipinski definition) is 5. The minimum atomic E-state index is -4.59. The van der Waals surface area contributed by atoms with E-state index in [4.69, 9.17) is 9.47 Å². The molecule has 2 aromatic carbocycles. The van der Waals surface area contributed by atoms with E-state index in [1.807, 2.05) is 4.90 Å². The number of nitrogens with one attached hydrogen (secondary N) is 1. The number of ether oxygens (including phenoxy) is 2. The monoisotopic (exact) mass is 496 g/mol. The first-order chi connectivity index (χ1) is 16.2. The number of alkyl halides is 3. The minimum absolute atomic E-state index is 0.0704. The summed E-state index contributed by atoms with van der Waals surface area (Å²) in [5.74, 6) is 1.84. The molecule has 0 spiro atoms. The maximum atomic E-state index is 13.5. The molecule has 2 fully saturated rings. The number of rotatable bonds is 4. The molecule has 2 aliphatic heterocycles. The van der Waals surface area contributed by atoms with Crippen LogP contribution in [-0.4, -0.2) is 34.7 Å². The van der Waals surface area contributed by atoms with E-state index in [0.717, 1.165) is 37.9 Å². The van der Waals surface area contributed by atoms with Crippen LogP contribution in [-0.2, 0) is 16.2 Å². The van der Waals surface area contributed by atoms with Gasteiger partial charge in [0.1, 0.15) is 13.2 Å². The normalized spacial score (nSPS) is 22.7. The Kier molecular flexibility index (Phi) is 6.03. The van der Waals surface area contributed by atoms with Crippen LogP contribution in [0.15, 0.2) is 41.3 Å². The maximum absolute atomic E-state index is 13.5. The Morgan fingerprint density at radius 3 is 2.41 bits per heavy atom. The number of nitrogens with zero attached hydrogens (tertiary/aromatic N) is 1. The highest BCUT2D eigenvalue weighted by atomic mass is 32.2. The predicted molar refractivity (Wildman–Crippen MR) is 122 cm³/mol. The summed E-state index contributed by atoms with van der Waals surface area (Å²) < 4.78 is 80.2. The van der Waals surface area contributed by atoms with Gasteiger partial charge >= 0.3 is 6.18 Å². The molecule has 2 heterocycles. The third kappa shape index (κ3) is 4.64. The van der Waals surface area contributed by atoms with Crippen molar-refractivity contribution < 1.29 is 31.1 Å². The fourth-order valence-corrected chi connectivity index (χ4v) is 6.36. The van der Waals surface area contributed by atoms with Gasteiger partial charge in [-0.2, -0.15) is 13.2 Å². The molecule has 5 rings (SSSR count). The Hall–Kier alpha value is -2.62. The quantitative estimate of drug-likeness (QED) is 0.623. The molecule has 184 valence electrons. The largest absolute Gasteiger partial charge is 0.486 e. The van der Waals surface area contributed by atoms with Crippen LogP contribution in [0.25, 0.3) is 0 Å². The molecule has 2 atom stereocenters. The van der Waals surface area contributed by atoms with Crippen LogP contribution in [0.2, 0.25) is 0 Å². The van der Waals surface area contributed by atoms with Gasteiger partial charge in [0.05, 0.1) is 21.8 Å². The Balaban J connectivity index is 1.48. The van der Waals surface area contributed by atoms with Crippen LogP contribution in [0.4, 0.5) is 24.5 Å². The average molecular weight is 497 g/mol. The molecule has 34 heavy (non-hydrogen) atoms. The van der Waals surface area contributed by atoms with Gasteiger partial charge in [-0.3, -0.25) is 4.72 Å². The first-order valence-electron chi connectivity index (χ1n) is 11.6. The number of hydrogen-bond donors (Lipinski definition) is 1. The van der Waals surface area contributed by atoms with Crippen molar-refractivity contribution >= 4 is 21.4 Å². The SMILES string of the molecule is O=S(=O)(Nc1cc(C(F)(F)F)ccc1N1CC[C@@H]2CCCC[C@H]2C1)c1ccc2c(c1)OCCO2. The molecular formula is C24H27F3N2O4S. The van der Waals surface area contributed by atoms with Crippen molar-refractivity contribution in [1.82, 2.24) is 0 Å². The zero-order valence-corrected chi connectivity index (χ0v) is 19.4. The molecule has 0 bridgehead atoms. The van der Waals surface area contributed by atoms with E-state index in [2.05, 4.69) is 4.72 Å². The van der Waals surface area contributed by atoms with E-state index in [0.29, 0.717) is 43.0 Å². The lowest BCUT2D eigenvalue weighted by atomic mass is 9.75. The Labute approximate surface area is 197 Å². The van der Waals surface area contributed by atoms with Gasteiger partial charge in [-0.15, -0.1) is 0 Å². The first kappa shape index (κ1) is 23.1. The first-order valence-corrected chi connectivity index (χ1v) is 13.1. The van der Waals surface area contributed by atoms with Gasteiger partial charge in [-0.05, 0) is 55.0 Å². The molecule has 3 aliphatic rings. The van der Waals surface area contributed by atoms with Gasteiger partial charge in [0.25, 0.3) is 10.0 Å². The summed E-state index contributed by atoms with van der Waals surface area (Å²) in [6, 6.07) is 7.47. The van der Waals surface area contributed by atoms with Crippen LogP contribution in [0.5, 0.6) is 11.5 Å².